The van der Waals surface area contributed by atoms with Crippen molar-refractivity contribution in [3.63, 3.8) is 0 Å². The molecule has 0 radical (unpaired) electrons. The first kappa shape index (κ1) is 11.1. The predicted molar refractivity (Wildman–Crippen MR) is 53.4 cm³/mol. The molecule has 6 heteroatoms. The van der Waals surface area contributed by atoms with E-state index in [1.165, 1.54) is 0 Å². The van der Waals surface area contributed by atoms with E-state index in [1.54, 1.807) is 5.01 Å². The summed E-state index contributed by atoms with van der Waals surface area (Å²) in [6, 6.07) is 2.95. The van der Waals surface area contributed by atoms with Crippen molar-refractivity contribution in [3.05, 3.63) is 35.4 Å². The second-order valence-electron chi connectivity index (χ2n) is 3.49. The SMILES string of the molecule is O=C(CN1CNCN1)c1ccc(F)cc1F. The zero-order valence-electron chi connectivity index (χ0n) is 8.46. The third kappa shape index (κ3) is 2.41. The fourth-order valence-corrected chi connectivity index (χ4v) is 1.50. The van der Waals surface area contributed by atoms with Crippen molar-refractivity contribution >= 4 is 5.78 Å². The van der Waals surface area contributed by atoms with Gasteiger partial charge in [0.2, 0.25) is 0 Å². The Kier molecular flexibility index (Phi) is 3.23. The molecular weight excluding hydrogens is 216 g/mol. The Hall–Kier alpha value is -1.37. The lowest BCUT2D eigenvalue weighted by atomic mass is 10.1. The maximum absolute atomic E-state index is 13.3. The maximum atomic E-state index is 13.3. The number of nitrogens with zero attached hydrogens (tertiary/aromatic N) is 1. The van der Waals surface area contributed by atoms with Crippen LogP contribution in [0.15, 0.2) is 18.2 Å². The Morgan fingerprint density at radius 2 is 2.25 bits per heavy atom. The molecule has 86 valence electrons. The summed E-state index contributed by atoms with van der Waals surface area (Å²) >= 11 is 0. The van der Waals surface area contributed by atoms with Gasteiger partial charge in [-0.25, -0.2) is 19.2 Å². The number of carbonyl (C=O) groups excluding carboxylic acids is 1. The van der Waals surface area contributed by atoms with Crippen LogP contribution >= 0.6 is 0 Å². The van der Waals surface area contributed by atoms with E-state index in [2.05, 4.69) is 10.7 Å². The molecule has 16 heavy (non-hydrogen) atoms. The second kappa shape index (κ2) is 4.65. The summed E-state index contributed by atoms with van der Waals surface area (Å²) in [6.07, 6.45) is 0. The van der Waals surface area contributed by atoms with Crippen molar-refractivity contribution < 1.29 is 13.6 Å². The van der Waals surface area contributed by atoms with Gasteiger partial charge in [-0.2, -0.15) is 0 Å². The Morgan fingerprint density at radius 3 is 2.88 bits per heavy atom. The van der Waals surface area contributed by atoms with Crippen LogP contribution in [-0.2, 0) is 0 Å². The maximum Gasteiger partial charge on any atom is 0.181 e. The number of hydrogen-bond donors (Lipinski definition) is 2. The standard InChI is InChI=1S/C10H11F2N3O/c11-7-1-2-8(9(12)3-7)10(16)4-15-6-13-5-14-15/h1-3,13-14H,4-6H2. The number of carbonyl (C=O) groups is 1. The van der Waals surface area contributed by atoms with Crippen molar-refractivity contribution in [2.45, 2.75) is 0 Å². The third-order valence-electron chi connectivity index (χ3n) is 2.30. The minimum Gasteiger partial charge on any atom is -0.293 e. The molecule has 1 aromatic carbocycles. The van der Waals surface area contributed by atoms with Crippen molar-refractivity contribution in [3.8, 4) is 0 Å². The molecule has 1 aromatic rings. The highest BCUT2D eigenvalue weighted by atomic mass is 19.1. The first-order chi connectivity index (χ1) is 7.66. The van der Waals surface area contributed by atoms with Crippen LogP contribution in [0.2, 0.25) is 0 Å². The molecule has 0 aliphatic carbocycles. The topological polar surface area (TPSA) is 44.4 Å². The van der Waals surface area contributed by atoms with Gasteiger partial charge in [-0.15, -0.1) is 0 Å². The van der Waals surface area contributed by atoms with E-state index in [4.69, 9.17) is 0 Å². The molecule has 0 bridgehead atoms. The number of ketones is 1. The van der Waals surface area contributed by atoms with E-state index in [1.807, 2.05) is 0 Å². The molecule has 0 amide bonds. The molecule has 1 aliphatic heterocycles. The summed E-state index contributed by atoms with van der Waals surface area (Å²) in [5.74, 6) is -1.89. The highest BCUT2D eigenvalue weighted by Gasteiger charge is 2.18. The quantitative estimate of drug-likeness (QED) is 0.737. The zero-order chi connectivity index (χ0) is 11.5. The van der Waals surface area contributed by atoms with Crippen molar-refractivity contribution in [1.82, 2.24) is 15.8 Å². The van der Waals surface area contributed by atoms with Crippen molar-refractivity contribution in [1.29, 1.82) is 0 Å². The lowest BCUT2D eigenvalue weighted by Gasteiger charge is -2.12. The van der Waals surface area contributed by atoms with Crippen molar-refractivity contribution in [2.24, 2.45) is 0 Å². The molecule has 0 spiro atoms. The highest BCUT2D eigenvalue weighted by molar-refractivity contribution is 5.97. The monoisotopic (exact) mass is 227 g/mol. The average Bonchev–Trinajstić information content (AvgIpc) is 2.70. The van der Waals surface area contributed by atoms with Crippen LogP contribution in [0.5, 0.6) is 0 Å². The first-order valence-corrected chi connectivity index (χ1v) is 4.84. The van der Waals surface area contributed by atoms with Gasteiger partial charge in [0.25, 0.3) is 0 Å². The van der Waals surface area contributed by atoms with Crippen LogP contribution < -0.4 is 10.7 Å². The van der Waals surface area contributed by atoms with Gasteiger partial charge in [-0.1, -0.05) is 0 Å². The largest absolute Gasteiger partial charge is 0.293 e. The average molecular weight is 227 g/mol. The molecule has 0 atom stereocenters. The van der Waals surface area contributed by atoms with E-state index in [0.29, 0.717) is 19.4 Å². The minimum absolute atomic E-state index is 0.0511. The van der Waals surface area contributed by atoms with Crippen LogP contribution in [0.3, 0.4) is 0 Å². The molecule has 2 N–H and O–H groups in total. The van der Waals surface area contributed by atoms with Gasteiger partial charge in [0.15, 0.2) is 5.78 Å². The summed E-state index contributed by atoms with van der Waals surface area (Å²) in [6.45, 7) is 1.16. The smallest absolute Gasteiger partial charge is 0.181 e. The van der Waals surface area contributed by atoms with E-state index in [0.717, 1.165) is 12.1 Å². The van der Waals surface area contributed by atoms with Gasteiger partial charge in [-0.3, -0.25) is 10.1 Å². The fourth-order valence-electron chi connectivity index (χ4n) is 1.50. The van der Waals surface area contributed by atoms with Crippen LogP contribution in [-0.4, -0.2) is 30.7 Å². The second-order valence-corrected chi connectivity index (χ2v) is 3.49. The Morgan fingerprint density at radius 1 is 1.44 bits per heavy atom. The number of nitrogens with one attached hydrogen (secondary N) is 2. The Balaban J connectivity index is 2.08. The molecule has 2 rings (SSSR count). The minimum atomic E-state index is -0.822. The summed E-state index contributed by atoms with van der Waals surface area (Å²) in [7, 11) is 0. The fraction of sp³-hybridized carbons (Fsp3) is 0.300. The molecule has 1 saturated heterocycles. The summed E-state index contributed by atoms with van der Waals surface area (Å²) in [5, 5.41) is 4.59. The molecule has 0 aromatic heterocycles. The number of Topliss-reactive ketones (excluding diaryl/α,β-unsaturated/α-hetero) is 1. The van der Waals surface area contributed by atoms with Gasteiger partial charge in [0, 0.05) is 6.07 Å². The summed E-state index contributed by atoms with van der Waals surface area (Å²) in [4.78, 5) is 11.7. The molecular formula is C10H11F2N3O. The predicted octanol–water partition coefficient (Wildman–Crippen LogP) is 0.472. The lowest BCUT2D eigenvalue weighted by Crippen LogP contribution is -2.36. The highest BCUT2D eigenvalue weighted by Crippen LogP contribution is 2.10. The molecule has 1 aliphatic rings. The normalized spacial score (nSPS) is 16.6. The lowest BCUT2D eigenvalue weighted by molar-refractivity contribution is 0.0913. The number of benzene rings is 1. The Labute approximate surface area is 91.2 Å². The number of rotatable bonds is 3. The molecule has 0 unspecified atom stereocenters. The van der Waals surface area contributed by atoms with E-state index < -0.39 is 11.6 Å². The van der Waals surface area contributed by atoms with Crippen LogP contribution in [0.4, 0.5) is 8.78 Å². The van der Waals surface area contributed by atoms with E-state index >= 15 is 0 Å². The third-order valence-corrected chi connectivity index (χ3v) is 2.30. The van der Waals surface area contributed by atoms with Crippen LogP contribution in [0, 0.1) is 11.6 Å². The first-order valence-electron chi connectivity index (χ1n) is 4.84. The van der Waals surface area contributed by atoms with Gasteiger partial charge < -0.3 is 0 Å². The van der Waals surface area contributed by atoms with Crippen LogP contribution in [0.25, 0.3) is 0 Å². The van der Waals surface area contributed by atoms with Gasteiger partial charge in [0.1, 0.15) is 11.6 Å². The number of hydrogen-bond acceptors (Lipinski definition) is 4. The molecule has 1 fully saturated rings. The zero-order valence-corrected chi connectivity index (χ0v) is 8.46. The number of halogens is 2. The van der Waals surface area contributed by atoms with E-state index in [-0.39, 0.29) is 17.9 Å². The summed E-state index contributed by atoms with van der Waals surface area (Å²) in [5.41, 5.74) is 2.81. The van der Waals surface area contributed by atoms with E-state index in [9.17, 15) is 13.6 Å². The molecule has 4 nitrogen and oxygen atoms in total. The van der Waals surface area contributed by atoms with Crippen LogP contribution in [0.1, 0.15) is 10.4 Å². The Bertz CT molecular complexity index is 405. The number of hydrazine groups is 1. The van der Waals surface area contributed by atoms with Gasteiger partial charge in [0.05, 0.1) is 25.4 Å². The summed E-state index contributed by atoms with van der Waals surface area (Å²) < 4.78 is 25.9. The van der Waals surface area contributed by atoms with Crippen molar-refractivity contribution in [2.75, 3.05) is 19.9 Å². The van der Waals surface area contributed by atoms with Gasteiger partial charge in [-0.05, 0) is 12.1 Å². The molecule has 1 heterocycles. The molecule has 0 saturated carbocycles. The van der Waals surface area contributed by atoms with Gasteiger partial charge >= 0.3 is 0 Å².